The van der Waals surface area contributed by atoms with Gasteiger partial charge in [-0.15, -0.1) is 0 Å². The van der Waals surface area contributed by atoms with Crippen LogP contribution in [0.3, 0.4) is 0 Å². The van der Waals surface area contributed by atoms with E-state index in [4.69, 9.17) is 0 Å². The van der Waals surface area contributed by atoms with Crippen molar-refractivity contribution in [3.63, 3.8) is 0 Å². The van der Waals surface area contributed by atoms with E-state index in [1.54, 1.807) is 0 Å². The SMILES string of the molecule is CC(C)NCC1CCCN1c1ccncc1. The van der Waals surface area contributed by atoms with Crippen molar-refractivity contribution in [2.45, 2.75) is 38.8 Å². The summed E-state index contributed by atoms with van der Waals surface area (Å²) < 4.78 is 0. The first-order valence-corrected chi connectivity index (χ1v) is 6.17. The third-order valence-electron chi connectivity index (χ3n) is 3.13. The molecule has 1 aromatic heterocycles. The summed E-state index contributed by atoms with van der Waals surface area (Å²) in [7, 11) is 0. The van der Waals surface area contributed by atoms with Gasteiger partial charge in [0.1, 0.15) is 0 Å². The minimum atomic E-state index is 0.569. The highest BCUT2D eigenvalue weighted by Crippen LogP contribution is 2.24. The Morgan fingerprint density at radius 2 is 2.19 bits per heavy atom. The largest absolute Gasteiger partial charge is 0.367 e. The van der Waals surface area contributed by atoms with Crippen LogP contribution in [0.15, 0.2) is 24.5 Å². The molecule has 1 unspecified atom stereocenters. The molecule has 3 heteroatoms. The molecule has 0 aliphatic carbocycles. The van der Waals surface area contributed by atoms with E-state index in [9.17, 15) is 0 Å². The average molecular weight is 219 g/mol. The van der Waals surface area contributed by atoms with Gasteiger partial charge in [0.05, 0.1) is 0 Å². The highest BCUT2D eigenvalue weighted by atomic mass is 15.2. The molecule has 2 heterocycles. The molecule has 1 aliphatic rings. The number of hydrogen-bond donors (Lipinski definition) is 1. The third-order valence-corrected chi connectivity index (χ3v) is 3.13. The summed E-state index contributed by atoms with van der Waals surface area (Å²) in [5.41, 5.74) is 1.31. The second-order valence-corrected chi connectivity index (χ2v) is 4.76. The molecule has 1 aromatic rings. The highest BCUT2D eigenvalue weighted by Gasteiger charge is 2.24. The zero-order valence-electron chi connectivity index (χ0n) is 10.2. The lowest BCUT2D eigenvalue weighted by Gasteiger charge is -2.27. The number of hydrogen-bond acceptors (Lipinski definition) is 3. The Morgan fingerprint density at radius 1 is 1.44 bits per heavy atom. The van der Waals surface area contributed by atoms with Crippen LogP contribution in [0.25, 0.3) is 0 Å². The van der Waals surface area contributed by atoms with Crippen LogP contribution >= 0.6 is 0 Å². The number of aromatic nitrogens is 1. The van der Waals surface area contributed by atoms with Crippen molar-refractivity contribution in [1.82, 2.24) is 10.3 Å². The first kappa shape index (κ1) is 11.4. The zero-order valence-corrected chi connectivity index (χ0v) is 10.2. The molecular formula is C13H21N3. The van der Waals surface area contributed by atoms with Crippen molar-refractivity contribution in [1.29, 1.82) is 0 Å². The van der Waals surface area contributed by atoms with Gasteiger partial charge in [-0.3, -0.25) is 4.98 Å². The lowest BCUT2D eigenvalue weighted by atomic mass is 10.2. The monoisotopic (exact) mass is 219 g/mol. The molecule has 0 amide bonds. The van der Waals surface area contributed by atoms with Crippen molar-refractivity contribution >= 4 is 5.69 Å². The van der Waals surface area contributed by atoms with Crippen molar-refractivity contribution in [3.8, 4) is 0 Å². The van der Waals surface area contributed by atoms with Crippen molar-refractivity contribution in [2.24, 2.45) is 0 Å². The number of pyridine rings is 1. The second kappa shape index (κ2) is 5.30. The molecule has 16 heavy (non-hydrogen) atoms. The summed E-state index contributed by atoms with van der Waals surface area (Å²) in [6.07, 6.45) is 6.34. The normalized spacial score (nSPS) is 20.7. The molecule has 3 nitrogen and oxygen atoms in total. The molecule has 0 radical (unpaired) electrons. The molecule has 0 bridgehead atoms. The summed E-state index contributed by atoms with van der Waals surface area (Å²) in [6, 6.07) is 5.42. The summed E-state index contributed by atoms with van der Waals surface area (Å²) in [5.74, 6) is 0. The predicted octanol–water partition coefficient (Wildman–Crippen LogP) is 2.05. The van der Waals surface area contributed by atoms with Gasteiger partial charge in [0.25, 0.3) is 0 Å². The van der Waals surface area contributed by atoms with Gasteiger partial charge in [-0.25, -0.2) is 0 Å². The maximum Gasteiger partial charge on any atom is 0.0415 e. The zero-order chi connectivity index (χ0) is 11.4. The molecular weight excluding hydrogens is 198 g/mol. The van der Waals surface area contributed by atoms with E-state index >= 15 is 0 Å². The molecule has 0 saturated carbocycles. The van der Waals surface area contributed by atoms with Gasteiger partial charge in [-0.05, 0) is 25.0 Å². The van der Waals surface area contributed by atoms with Gasteiger partial charge in [-0.2, -0.15) is 0 Å². The van der Waals surface area contributed by atoms with E-state index in [0.717, 1.165) is 6.54 Å². The van der Waals surface area contributed by atoms with E-state index in [2.05, 4.69) is 41.2 Å². The molecule has 1 fully saturated rings. The summed E-state index contributed by atoms with van der Waals surface area (Å²) in [6.45, 7) is 6.66. The van der Waals surface area contributed by atoms with E-state index in [0.29, 0.717) is 12.1 Å². The van der Waals surface area contributed by atoms with E-state index in [1.807, 2.05) is 12.4 Å². The van der Waals surface area contributed by atoms with Gasteiger partial charge >= 0.3 is 0 Å². The predicted molar refractivity (Wildman–Crippen MR) is 67.7 cm³/mol. The van der Waals surface area contributed by atoms with Crippen LogP contribution in [0, 0.1) is 0 Å². The van der Waals surface area contributed by atoms with E-state index < -0.39 is 0 Å². The fourth-order valence-corrected chi connectivity index (χ4v) is 2.30. The van der Waals surface area contributed by atoms with Crippen LogP contribution in [-0.4, -0.2) is 30.2 Å². The van der Waals surface area contributed by atoms with Crippen molar-refractivity contribution in [3.05, 3.63) is 24.5 Å². The molecule has 1 aliphatic heterocycles. The maximum absolute atomic E-state index is 4.07. The summed E-state index contributed by atoms with van der Waals surface area (Å²) in [4.78, 5) is 6.57. The molecule has 0 aromatic carbocycles. The van der Waals surface area contributed by atoms with Gasteiger partial charge in [0.15, 0.2) is 0 Å². The van der Waals surface area contributed by atoms with Gasteiger partial charge in [-0.1, -0.05) is 13.8 Å². The summed E-state index contributed by atoms with van der Waals surface area (Å²) >= 11 is 0. The summed E-state index contributed by atoms with van der Waals surface area (Å²) in [5, 5.41) is 3.53. The van der Waals surface area contributed by atoms with Crippen LogP contribution in [-0.2, 0) is 0 Å². The average Bonchev–Trinajstić information content (AvgIpc) is 2.75. The van der Waals surface area contributed by atoms with Crippen LogP contribution in [0.1, 0.15) is 26.7 Å². The lowest BCUT2D eigenvalue weighted by Crippen LogP contribution is -2.40. The Hall–Kier alpha value is -1.09. The smallest absolute Gasteiger partial charge is 0.0415 e. The number of nitrogens with zero attached hydrogens (tertiary/aromatic N) is 2. The Balaban J connectivity index is 1.98. The third kappa shape index (κ3) is 2.73. The molecule has 1 saturated heterocycles. The van der Waals surface area contributed by atoms with Crippen LogP contribution in [0.5, 0.6) is 0 Å². The molecule has 2 rings (SSSR count). The first-order valence-electron chi connectivity index (χ1n) is 6.17. The molecule has 88 valence electrons. The molecule has 0 spiro atoms. The van der Waals surface area contributed by atoms with E-state index in [-0.39, 0.29) is 0 Å². The van der Waals surface area contributed by atoms with Crippen molar-refractivity contribution < 1.29 is 0 Å². The van der Waals surface area contributed by atoms with Gasteiger partial charge in [0.2, 0.25) is 0 Å². The fourth-order valence-electron chi connectivity index (χ4n) is 2.30. The van der Waals surface area contributed by atoms with Gasteiger partial charge < -0.3 is 10.2 Å². The number of anilines is 1. The number of nitrogens with one attached hydrogen (secondary N) is 1. The first-order chi connectivity index (χ1) is 7.77. The standard InChI is InChI=1S/C13H21N3/c1-11(2)15-10-13-4-3-9-16(13)12-5-7-14-8-6-12/h5-8,11,13,15H,3-4,9-10H2,1-2H3. The van der Waals surface area contributed by atoms with Gasteiger partial charge in [0, 0.05) is 43.3 Å². The molecule has 1 N–H and O–H groups in total. The Kier molecular flexibility index (Phi) is 3.78. The second-order valence-electron chi connectivity index (χ2n) is 4.76. The highest BCUT2D eigenvalue weighted by molar-refractivity contribution is 5.46. The maximum atomic E-state index is 4.07. The van der Waals surface area contributed by atoms with E-state index in [1.165, 1.54) is 25.1 Å². The fraction of sp³-hybridized carbons (Fsp3) is 0.615. The Morgan fingerprint density at radius 3 is 2.88 bits per heavy atom. The number of rotatable bonds is 4. The quantitative estimate of drug-likeness (QED) is 0.840. The Bertz CT molecular complexity index is 310. The van der Waals surface area contributed by atoms with Crippen LogP contribution < -0.4 is 10.2 Å². The topological polar surface area (TPSA) is 28.2 Å². The van der Waals surface area contributed by atoms with Crippen LogP contribution in [0.4, 0.5) is 5.69 Å². The minimum Gasteiger partial charge on any atom is -0.367 e. The minimum absolute atomic E-state index is 0.569. The van der Waals surface area contributed by atoms with Crippen molar-refractivity contribution in [2.75, 3.05) is 18.0 Å². The Labute approximate surface area is 97.9 Å². The lowest BCUT2D eigenvalue weighted by molar-refractivity contribution is 0.524. The molecule has 1 atom stereocenters. The van der Waals surface area contributed by atoms with Crippen LogP contribution in [0.2, 0.25) is 0 Å².